The van der Waals surface area contributed by atoms with Gasteiger partial charge in [0.25, 0.3) is 11.8 Å². The van der Waals surface area contributed by atoms with Crippen LogP contribution >= 0.6 is 0 Å². The fraction of sp³-hybridized carbons (Fsp3) is 0.224. The summed E-state index contributed by atoms with van der Waals surface area (Å²) in [4.78, 5) is 34.7. The normalized spacial score (nSPS) is 13.6. The number of ether oxygens (including phenoxy) is 2. The first-order valence-corrected chi connectivity index (χ1v) is 19.9. The van der Waals surface area contributed by atoms with Gasteiger partial charge in [0.15, 0.2) is 11.1 Å². The third kappa shape index (κ3) is 9.72. The van der Waals surface area contributed by atoms with Crippen LogP contribution < -0.4 is 30.7 Å². The van der Waals surface area contributed by atoms with Crippen molar-refractivity contribution in [3.63, 3.8) is 0 Å². The second-order valence-corrected chi connectivity index (χ2v) is 15.0. The molecule has 6 aromatic rings. The van der Waals surface area contributed by atoms with Gasteiger partial charge in [-0.25, -0.2) is 0 Å². The quantitative estimate of drug-likeness (QED) is 0.0996. The number of halogens is 6. The van der Waals surface area contributed by atoms with E-state index in [1.54, 1.807) is 110 Å². The zero-order chi connectivity index (χ0) is 45.6. The van der Waals surface area contributed by atoms with Crippen LogP contribution in [0.25, 0.3) is 0 Å². The van der Waals surface area contributed by atoms with Crippen molar-refractivity contribution < 1.29 is 45.4 Å². The zero-order valence-corrected chi connectivity index (χ0v) is 34.7. The largest absolute Gasteiger partial charge is 0.497 e. The van der Waals surface area contributed by atoms with Crippen molar-refractivity contribution in [2.24, 2.45) is 11.5 Å². The van der Waals surface area contributed by atoms with Crippen LogP contribution in [-0.2, 0) is 45.9 Å². The minimum absolute atomic E-state index is 0.0606. The molecule has 2 atom stereocenters. The molecular weight excluding hydrogens is 823 g/mol. The topological polar surface area (TPSA) is 111 Å². The maximum Gasteiger partial charge on any atom is 0.416 e. The van der Waals surface area contributed by atoms with Gasteiger partial charge in [0.05, 0.1) is 31.0 Å². The smallest absolute Gasteiger partial charge is 0.416 e. The Bertz CT molecular complexity index is 2500. The fourth-order valence-electron chi connectivity index (χ4n) is 7.53. The molecule has 0 spiro atoms. The average Bonchev–Trinajstić information content (AvgIpc) is 3.29. The number of hydrogen-bond donors (Lipinski definition) is 2. The Balaban J connectivity index is 1.55. The van der Waals surface area contributed by atoms with Crippen LogP contribution in [0.4, 0.5) is 37.7 Å². The maximum atomic E-state index is 16.0. The van der Waals surface area contributed by atoms with Crippen LogP contribution in [0, 0.1) is 6.92 Å². The van der Waals surface area contributed by atoms with Crippen LogP contribution in [0.3, 0.4) is 0 Å². The van der Waals surface area contributed by atoms with Gasteiger partial charge in [-0.3, -0.25) is 9.59 Å². The van der Waals surface area contributed by atoms with E-state index in [0.29, 0.717) is 39.6 Å². The van der Waals surface area contributed by atoms with Crippen molar-refractivity contribution in [3.8, 4) is 11.5 Å². The lowest BCUT2D eigenvalue weighted by atomic mass is 9.67. The molecule has 0 aromatic heterocycles. The Morgan fingerprint density at radius 3 is 1.38 bits per heavy atom. The Hall–Kier alpha value is -6.64. The average molecular weight is 869 g/mol. The van der Waals surface area contributed by atoms with E-state index in [-0.39, 0.29) is 37.1 Å². The summed E-state index contributed by atoms with van der Waals surface area (Å²) >= 11 is 0. The summed E-state index contributed by atoms with van der Waals surface area (Å²) in [6.45, 7) is 1.50. The molecule has 6 aromatic carbocycles. The Morgan fingerprint density at radius 2 is 0.937 bits per heavy atom. The van der Waals surface area contributed by atoms with Gasteiger partial charge in [0.2, 0.25) is 0 Å². The molecule has 0 bridgehead atoms. The number of carbonyl (C=O) groups excluding carboxylic acids is 2. The predicted octanol–water partition coefficient (Wildman–Crippen LogP) is 9.61. The van der Waals surface area contributed by atoms with Crippen LogP contribution in [0.2, 0.25) is 0 Å². The minimum atomic E-state index is -4.56. The van der Waals surface area contributed by atoms with Gasteiger partial charge < -0.3 is 30.7 Å². The van der Waals surface area contributed by atoms with Gasteiger partial charge >= 0.3 is 12.4 Å². The molecule has 0 saturated heterocycles. The van der Waals surface area contributed by atoms with Crippen LogP contribution in [-0.4, -0.2) is 39.1 Å². The molecule has 0 heterocycles. The molecule has 63 heavy (non-hydrogen) atoms. The Morgan fingerprint density at radius 1 is 0.508 bits per heavy atom. The van der Waals surface area contributed by atoms with Gasteiger partial charge in [-0.2, -0.15) is 26.3 Å². The van der Waals surface area contributed by atoms with E-state index in [1.165, 1.54) is 48.3 Å². The second-order valence-electron chi connectivity index (χ2n) is 15.0. The number of nitrogens with two attached hydrogens (primary N) is 2. The van der Waals surface area contributed by atoms with Crippen molar-refractivity contribution in [2.45, 2.75) is 43.2 Å². The lowest BCUT2D eigenvalue weighted by Gasteiger charge is -2.48. The highest BCUT2D eigenvalue weighted by Gasteiger charge is 2.61. The molecule has 8 nitrogen and oxygen atoms in total. The molecule has 2 amide bonds. The molecule has 4 N–H and O–H groups in total. The molecule has 0 aliphatic heterocycles. The van der Waals surface area contributed by atoms with Crippen LogP contribution in [0.5, 0.6) is 11.5 Å². The summed E-state index contributed by atoms with van der Waals surface area (Å²) in [5.41, 5.74) is 11.2. The zero-order valence-electron chi connectivity index (χ0n) is 34.7. The molecule has 0 saturated carbocycles. The predicted molar refractivity (Wildman–Crippen MR) is 230 cm³/mol. The summed E-state index contributed by atoms with van der Waals surface area (Å²) in [6, 6.07) is 37.1. The lowest BCUT2D eigenvalue weighted by Crippen LogP contribution is -2.74. The number of rotatable bonds is 15. The summed E-state index contributed by atoms with van der Waals surface area (Å²) in [6.07, 6.45) is -8.99. The first kappa shape index (κ1) is 45.9. The molecular formula is C49H46F6N4O4. The van der Waals surface area contributed by atoms with Gasteiger partial charge in [-0.15, -0.1) is 0 Å². The van der Waals surface area contributed by atoms with E-state index in [2.05, 4.69) is 0 Å². The van der Waals surface area contributed by atoms with Crippen molar-refractivity contribution in [2.75, 3.05) is 37.1 Å². The minimum Gasteiger partial charge on any atom is -0.497 e. The van der Waals surface area contributed by atoms with Crippen LogP contribution in [0.1, 0.15) is 38.9 Å². The van der Waals surface area contributed by atoms with E-state index in [9.17, 15) is 26.3 Å². The first-order chi connectivity index (χ1) is 29.9. The highest BCUT2D eigenvalue weighted by atomic mass is 19.4. The van der Waals surface area contributed by atoms with Gasteiger partial charge in [-0.1, -0.05) is 97.1 Å². The maximum absolute atomic E-state index is 16.0. The highest BCUT2D eigenvalue weighted by molar-refractivity contribution is 6.11. The van der Waals surface area contributed by atoms with E-state index in [4.69, 9.17) is 20.9 Å². The number of hydrogen-bond acceptors (Lipinski definition) is 6. The Kier molecular flexibility index (Phi) is 13.7. The lowest BCUT2D eigenvalue weighted by molar-refractivity contribution is -0.138. The number of nitrogens with zero attached hydrogens (tertiary/aromatic N) is 2. The molecule has 14 heteroatoms. The number of benzene rings is 6. The molecule has 0 fully saturated rings. The van der Waals surface area contributed by atoms with Gasteiger partial charge in [-0.05, 0) is 90.0 Å². The molecule has 0 aliphatic rings. The summed E-state index contributed by atoms with van der Waals surface area (Å²) < 4.78 is 92.1. The number of carbonyl (C=O) groups is 2. The molecule has 2 unspecified atom stereocenters. The summed E-state index contributed by atoms with van der Waals surface area (Å²) in [7, 11) is 2.90. The molecule has 0 radical (unpaired) electrons. The number of alkyl halides is 6. The monoisotopic (exact) mass is 868 g/mol. The van der Waals surface area contributed by atoms with Crippen molar-refractivity contribution >= 4 is 23.2 Å². The number of anilines is 2. The summed E-state index contributed by atoms with van der Waals surface area (Å²) in [5.74, 6) is -0.900. The SMILES string of the molecule is COc1cccc(N(CCc2ccc(C(F)(F)F)cc2)C(=O)C(N)(c2ccccc2)C(N)(C(=O)N(CCc2ccc(C(F)(F)F)cc2)c2cc(OC)ccc2C)c2ccccc2)c1. The fourth-order valence-corrected chi connectivity index (χ4v) is 7.53. The van der Waals surface area contributed by atoms with Crippen LogP contribution in [0.15, 0.2) is 152 Å². The first-order valence-electron chi connectivity index (χ1n) is 19.9. The van der Waals surface area contributed by atoms with E-state index in [0.717, 1.165) is 24.3 Å². The van der Waals surface area contributed by atoms with E-state index in [1.807, 2.05) is 0 Å². The van der Waals surface area contributed by atoms with Gasteiger partial charge in [0, 0.05) is 30.9 Å². The third-order valence-electron chi connectivity index (χ3n) is 11.1. The highest BCUT2D eigenvalue weighted by Crippen LogP contribution is 2.43. The summed E-state index contributed by atoms with van der Waals surface area (Å²) in [5, 5.41) is 0. The third-order valence-corrected chi connectivity index (χ3v) is 11.1. The number of amides is 2. The van der Waals surface area contributed by atoms with Gasteiger partial charge in [0.1, 0.15) is 11.5 Å². The van der Waals surface area contributed by atoms with Crippen molar-refractivity contribution in [1.82, 2.24) is 0 Å². The van der Waals surface area contributed by atoms with E-state index < -0.39 is 46.4 Å². The number of methoxy groups -OCH3 is 2. The number of aryl methyl sites for hydroxylation is 1. The van der Waals surface area contributed by atoms with Crippen molar-refractivity contribution in [3.05, 3.63) is 191 Å². The van der Waals surface area contributed by atoms with E-state index >= 15 is 9.59 Å². The molecule has 328 valence electrons. The van der Waals surface area contributed by atoms with Crippen molar-refractivity contribution in [1.29, 1.82) is 0 Å². The molecule has 6 rings (SSSR count). The second kappa shape index (κ2) is 18.8. The Labute approximate surface area is 361 Å². The molecule has 0 aliphatic carbocycles. The standard InChI is InChI=1S/C49H46F6N4O4/c1-33-17-26-42(63-3)32-43(33)59(30-28-35-20-24-39(25-21-35)49(53,54)55)45(61)47(57,37-13-8-5-9-14-37)46(56,36-11-6-4-7-12-36)44(60)58(40-15-10-16-41(31-40)62-2)29-27-34-18-22-38(23-19-34)48(50,51)52/h4-26,31-32H,27-30,56-57H2,1-3H3.